The molecule has 0 saturated carbocycles. The Hall–Kier alpha value is -1.55. The van der Waals surface area contributed by atoms with Crippen LogP contribution >= 0.6 is 0 Å². The molecule has 110 valence electrons. The molecule has 4 heteroatoms. The molecule has 1 aliphatic rings. The molecule has 2 atom stereocenters. The number of piperidine rings is 1. The van der Waals surface area contributed by atoms with Gasteiger partial charge in [-0.1, -0.05) is 12.1 Å². The first kappa shape index (κ1) is 14.9. The zero-order valence-electron chi connectivity index (χ0n) is 12.3. The van der Waals surface area contributed by atoms with Crippen molar-refractivity contribution >= 4 is 11.6 Å². The summed E-state index contributed by atoms with van der Waals surface area (Å²) in [7, 11) is 0. The lowest BCUT2D eigenvalue weighted by Gasteiger charge is -2.34. The van der Waals surface area contributed by atoms with Crippen LogP contribution in [0.15, 0.2) is 24.3 Å². The predicted octanol–water partition coefficient (Wildman–Crippen LogP) is 2.40. The second-order valence-corrected chi connectivity index (χ2v) is 5.40. The van der Waals surface area contributed by atoms with Crippen molar-refractivity contribution in [2.45, 2.75) is 38.7 Å². The number of nitrogen functional groups attached to an aromatic ring is 1. The van der Waals surface area contributed by atoms with Gasteiger partial charge in [0.25, 0.3) is 0 Å². The fourth-order valence-corrected chi connectivity index (χ4v) is 2.75. The maximum Gasteiger partial charge on any atom is 0.229 e. The molecule has 1 heterocycles. The first-order valence-electron chi connectivity index (χ1n) is 7.37. The van der Waals surface area contributed by atoms with Gasteiger partial charge in [0.2, 0.25) is 5.91 Å². The number of nitrogens with zero attached hydrogens (tertiary/aromatic N) is 1. The molecule has 4 nitrogen and oxygen atoms in total. The SMILES string of the molecule is CCOC1CCCN(C(=O)C(C)c2cccc(N)c2)C1. The van der Waals surface area contributed by atoms with Crippen LogP contribution < -0.4 is 5.73 Å². The van der Waals surface area contributed by atoms with Crippen LogP contribution in [0.1, 0.15) is 38.2 Å². The predicted molar refractivity (Wildman–Crippen MR) is 80.5 cm³/mol. The van der Waals surface area contributed by atoms with Gasteiger partial charge in [0, 0.05) is 25.4 Å². The van der Waals surface area contributed by atoms with Crippen LogP contribution in [-0.4, -0.2) is 36.6 Å². The van der Waals surface area contributed by atoms with Crippen LogP contribution in [0.3, 0.4) is 0 Å². The molecule has 2 unspecified atom stereocenters. The van der Waals surface area contributed by atoms with Gasteiger partial charge in [0.1, 0.15) is 0 Å². The number of anilines is 1. The van der Waals surface area contributed by atoms with Crippen LogP contribution in [0.2, 0.25) is 0 Å². The number of amides is 1. The van der Waals surface area contributed by atoms with Gasteiger partial charge in [-0.2, -0.15) is 0 Å². The summed E-state index contributed by atoms with van der Waals surface area (Å²) in [5, 5.41) is 0. The minimum atomic E-state index is -0.154. The van der Waals surface area contributed by atoms with Gasteiger partial charge < -0.3 is 15.4 Å². The first-order valence-corrected chi connectivity index (χ1v) is 7.37. The van der Waals surface area contributed by atoms with Crippen molar-refractivity contribution in [1.29, 1.82) is 0 Å². The fourth-order valence-electron chi connectivity index (χ4n) is 2.75. The van der Waals surface area contributed by atoms with E-state index >= 15 is 0 Å². The van der Waals surface area contributed by atoms with E-state index in [9.17, 15) is 4.79 Å². The Morgan fingerprint density at radius 3 is 3.05 bits per heavy atom. The van der Waals surface area contributed by atoms with E-state index in [1.165, 1.54) is 0 Å². The molecular formula is C16H24N2O2. The van der Waals surface area contributed by atoms with E-state index in [-0.39, 0.29) is 17.9 Å². The third kappa shape index (κ3) is 3.51. The Morgan fingerprint density at radius 1 is 1.55 bits per heavy atom. The topological polar surface area (TPSA) is 55.6 Å². The van der Waals surface area contributed by atoms with Crippen molar-refractivity contribution < 1.29 is 9.53 Å². The van der Waals surface area contributed by atoms with Crippen LogP contribution in [0, 0.1) is 0 Å². The smallest absolute Gasteiger partial charge is 0.229 e. The highest BCUT2D eigenvalue weighted by Crippen LogP contribution is 2.23. The Labute approximate surface area is 120 Å². The second-order valence-electron chi connectivity index (χ2n) is 5.40. The van der Waals surface area contributed by atoms with Crippen molar-refractivity contribution in [3.05, 3.63) is 29.8 Å². The number of rotatable bonds is 4. The molecule has 1 aliphatic heterocycles. The standard InChI is InChI=1S/C16H24N2O2/c1-3-20-15-8-5-9-18(11-15)16(19)12(2)13-6-4-7-14(17)10-13/h4,6-7,10,12,15H,3,5,8-9,11,17H2,1-2H3. The number of hydrogen-bond acceptors (Lipinski definition) is 3. The summed E-state index contributed by atoms with van der Waals surface area (Å²) in [5.74, 6) is 0.0129. The molecule has 1 aromatic carbocycles. The van der Waals surface area contributed by atoms with Crippen LogP contribution in [0.5, 0.6) is 0 Å². The molecule has 0 aliphatic carbocycles. The highest BCUT2D eigenvalue weighted by molar-refractivity contribution is 5.83. The number of carbonyl (C=O) groups is 1. The van der Waals surface area contributed by atoms with Crippen molar-refractivity contribution in [3.8, 4) is 0 Å². The Kier molecular flexibility index (Phi) is 5.01. The number of carbonyl (C=O) groups excluding carboxylic acids is 1. The minimum absolute atomic E-state index is 0.154. The fraction of sp³-hybridized carbons (Fsp3) is 0.562. The van der Waals surface area contributed by atoms with E-state index in [1.807, 2.05) is 43.0 Å². The maximum absolute atomic E-state index is 12.6. The lowest BCUT2D eigenvalue weighted by molar-refractivity contribution is -0.136. The highest BCUT2D eigenvalue weighted by Gasteiger charge is 2.27. The summed E-state index contributed by atoms with van der Waals surface area (Å²) in [6, 6.07) is 7.58. The monoisotopic (exact) mass is 276 g/mol. The quantitative estimate of drug-likeness (QED) is 0.859. The van der Waals surface area contributed by atoms with Gasteiger partial charge in [-0.25, -0.2) is 0 Å². The van der Waals surface area contributed by atoms with Crippen molar-refractivity contribution in [3.63, 3.8) is 0 Å². The second kappa shape index (κ2) is 6.75. The van der Waals surface area contributed by atoms with Crippen molar-refractivity contribution in [2.24, 2.45) is 0 Å². The van der Waals surface area contributed by atoms with E-state index in [2.05, 4.69) is 0 Å². The molecule has 20 heavy (non-hydrogen) atoms. The summed E-state index contributed by atoms with van der Waals surface area (Å²) in [6.45, 7) is 6.18. The molecule has 1 saturated heterocycles. The average Bonchev–Trinajstić information content (AvgIpc) is 2.46. The summed E-state index contributed by atoms with van der Waals surface area (Å²) in [5.41, 5.74) is 7.47. The normalized spacial score (nSPS) is 20.7. The molecule has 0 radical (unpaired) electrons. The summed E-state index contributed by atoms with van der Waals surface area (Å²) in [4.78, 5) is 14.5. The molecule has 2 rings (SSSR count). The molecule has 1 fully saturated rings. The third-order valence-electron chi connectivity index (χ3n) is 3.87. The Balaban J connectivity index is 2.03. The van der Waals surface area contributed by atoms with E-state index in [0.717, 1.165) is 24.9 Å². The van der Waals surface area contributed by atoms with Crippen molar-refractivity contribution in [2.75, 3.05) is 25.4 Å². The first-order chi connectivity index (χ1) is 9.61. The molecular weight excluding hydrogens is 252 g/mol. The Bertz CT molecular complexity index is 460. The molecule has 1 amide bonds. The molecule has 1 aromatic rings. The molecule has 2 N–H and O–H groups in total. The number of hydrogen-bond donors (Lipinski definition) is 1. The number of ether oxygens (including phenoxy) is 1. The zero-order valence-corrected chi connectivity index (χ0v) is 12.3. The van der Waals surface area contributed by atoms with Crippen LogP contribution in [-0.2, 0) is 9.53 Å². The minimum Gasteiger partial charge on any atom is -0.399 e. The third-order valence-corrected chi connectivity index (χ3v) is 3.87. The molecule has 0 aromatic heterocycles. The molecule has 0 spiro atoms. The zero-order chi connectivity index (χ0) is 14.5. The highest BCUT2D eigenvalue weighted by atomic mass is 16.5. The summed E-state index contributed by atoms with van der Waals surface area (Å²) >= 11 is 0. The molecule has 0 bridgehead atoms. The summed E-state index contributed by atoms with van der Waals surface area (Å²) < 4.78 is 5.65. The lowest BCUT2D eigenvalue weighted by Crippen LogP contribution is -2.44. The maximum atomic E-state index is 12.6. The van der Waals surface area contributed by atoms with E-state index < -0.39 is 0 Å². The van der Waals surface area contributed by atoms with Crippen LogP contribution in [0.25, 0.3) is 0 Å². The summed E-state index contributed by atoms with van der Waals surface area (Å²) in [6.07, 6.45) is 2.25. The number of nitrogens with two attached hydrogens (primary N) is 1. The number of benzene rings is 1. The average molecular weight is 276 g/mol. The van der Waals surface area contributed by atoms with Crippen molar-refractivity contribution in [1.82, 2.24) is 4.90 Å². The lowest BCUT2D eigenvalue weighted by atomic mass is 9.97. The number of likely N-dealkylation sites (tertiary alicyclic amines) is 1. The van der Waals surface area contributed by atoms with Gasteiger partial charge in [0.05, 0.1) is 12.0 Å². The van der Waals surface area contributed by atoms with Crippen LogP contribution in [0.4, 0.5) is 5.69 Å². The van der Waals surface area contributed by atoms with E-state index in [0.29, 0.717) is 18.8 Å². The van der Waals surface area contributed by atoms with Gasteiger partial charge >= 0.3 is 0 Å². The van der Waals surface area contributed by atoms with Gasteiger partial charge in [0.15, 0.2) is 0 Å². The van der Waals surface area contributed by atoms with Gasteiger partial charge in [-0.05, 0) is 44.4 Å². The largest absolute Gasteiger partial charge is 0.399 e. The van der Waals surface area contributed by atoms with Gasteiger partial charge in [-0.15, -0.1) is 0 Å². The van der Waals surface area contributed by atoms with Gasteiger partial charge in [-0.3, -0.25) is 4.79 Å². The van der Waals surface area contributed by atoms with E-state index in [1.54, 1.807) is 0 Å². The Morgan fingerprint density at radius 2 is 2.35 bits per heavy atom. The van der Waals surface area contributed by atoms with E-state index in [4.69, 9.17) is 10.5 Å².